The van der Waals surface area contributed by atoms with Crippen LogP contribution in [0.3, 0.4) is 0 Å². The lowest BCUT2D eigenvalue weighted by Crippen LogP contribution is -2.27. The van der Waals surface area contributed by atoms with Crippen molar-refractivity contribution in [3.63, 3.8) is 0 Å². The summed E-state index contributed by atoms with van der Waals surface area (Å²) in [4.78, 5) is 2.33. The standard InChI is InChI=1S/C12H17NO/c1-9-11(8-14)4-3-10-7-13(2)6-5-12(9)10/h3-4,14H,5-8H2,1-2H3. The van der Waals surface area contributed by atoms with Gasteiger partial charge in [0.2, 0.25) is 0 Å². The highest BCUT2D eigenvalue weighted by Crippen LogP contribution is 2.24. The van der Waals surface area contributed by atoms with Gasteiger partial charge in [-0.15, -0.1) is 0 Å². The van der Waals surface area contributed by atoms with E-state index in [0.717, 1.165) is 25.1 Å². The highest BCUT2D eigenvalue weighted by atomic mass is 16.3. The Morgan fingerprint density at radius 1 is 1.43 bits per heavy atom. The van der Waals surface area contributed by atoms with E-state index < -0.39 is 0 Å². The Bertz CT molecular complexity index is 346. The highest BCUT2D eigenvalue weighted by Gasteiger charge is 2.15. The monoisotopic (exact) mass is 191 g/mol. The Labute approximate surface area is 85.2 Å². The summed E-state index contributed by atoms with van der Waals surface area (Å²) < 4.78 is 0. The molecule has 1 aliphatic rings. The van der Waals surface area contributed by atoms with Crippen molar-refractivity contribution in [2.24, 2.45) is 0 Å². The van der Waals surface area contributed by atoms with E-state index in [9.17, 15) is 0 Å². The molecule has 76 valence electrons. The molecule has 0 aromatic heterocycles. The van der Waals surface area contributed by atoms with Gasteiger partial charge < -0.3 is 10.0 Å². The molecule has 0 amide bonds. The first-order valence-electron chi connectivity index (χ1n) is 5.12. The second-order valence-corrected chi connectivity index (χ2v) is 4.13. The number of aliphatic hydroxyl groups is 1. The van der Waals surface area contributed by atoms with Crippen molar-refractivity contribution >= 4 is 0 Å². The molecule has 0 fully saturated rings. The molecular weight excluding hydrogens is 174 g/mol. The second kappa shape index (κ2) is 3.71. The summed E-state index contributed by atoms with van der Waals surface area (Å²) in [5.41, 5.74) is 5.24. The fraction of sp³-hybridized carbons (Fsp3) is 0.500. The molecule has 0 saturated carbocycles. The Kier molecular flexibility index (Phi) is 2.57. The van der Waals surface area contributed by atoms with Gasteiger partial charge in [-0.3, -0.25) is 0 Å². The average molecular weight is 191 g/mol. The van der Waals surface area contributed by atoms with Gasteiger partial charge in [-0.25, -0.2) is 0 Å². The van der Waals surface area contributed by atoms with Gasteiger partial charge in [0.1, 0.15) is 0 Å². The third kappa shape index (κ3) is 1.56. The van der Waals surface area contributed by atoms with E-state index in [1.54, 1.807) is 0 Å². The van der Waals surface area contributed by atoms with Gasteiger partial charge in [0.05, 0.1) is 6.61 Å². The van der Waals surface area contributed by atoms with Crippen molar-refractivity contribution in [3.8, 4) is 0 Å². The van der Waals surface area contributed by atoms with Crippen LogP contribution in [0, 0.1) is 6.92 Å². The fourth-order valence-corrected chi connectivity index (χ4v) is 2.20. The molecule has 1 aliphatic heterocycles. The van der Waals surface area contributed by atoms with Gasteiger partial charge in [-0.1, -0.05) is 12.1 Å². The zero-order chi connectivity index (χ0) is 10.1. The molecule has 0 radical (unpaired) electrons. The maximum absolute atomic E-state index is 9.16. The van der Waals surface area contributed by atoms with Crippen LogP contribution in [0.4, 0.5) is 0 Å². The highest BCUT2D eigenvalue weighted by molar-refractivity contribution is 5.41. The van der Waals surface area contributed by atoms with E-state index in [2.05, 4.69) is 24.9 Å². The van der Waals surface area contributed by atoms with Crippen LogP contribution in [-0.4, -0.2) is 23.6 Å². The van der Waals surface area contributed by atoms with Crippen LogP contribution in [0.15, 0.2) is 12.1 Å². The molecule has 1 aromatic rings. The lowest BCUT2D eigenvalue weighted by atomic mass is 9.92. The smallest absolute Gasteiger partial charge is 0.0684 e. The number of hydrogen-bond acceptors (Lipinski definition) is 2. The number of benzene rings is 1. The van der Waals surface area contributed by atoms with Crippen LogP contribution < -0.4 is 0 Å². The lowest BCUT2D eigenvalue weighted by Gasteiger charge is -2.27. The molecule has 0 saturated heterocycles. The molecule has 0 bridgehead atoms. The fourth-order valence-electron chi connectivity index (χ4n) is 2.20. The van der Waals surface area contributed by atoms with Crippen LogP contribution in [0.2, 0.25) is 0 Å². The molecule has 0 atom stereocenters. The summed E-state index contributed by atoms with van der Waals surface area (Å²) in [6, 6.07) is 4.21. The summed E-state index contributed by atoms with van der Waals surface area (Å²) in [6.45, 7) is 4.45. The van der Waals surface area contributed by atoms with Crippen molar-refractivity contribution in [1.29, 1.82) is 0 Å². The number of rotatable bonds is 1. The van der Waals surface area contributed by atoms with Crippen molar-refractivity contribution < 1.29 is 5.11 Å². The summed E-state index contributed by atoms with van der Waals surface area (Å²) in [6.07, 6.45) is 1.12. The molecule has 1 heterocycles. The first-order valence-corrected chi connectivity index (χ1v) is 5.12. The van der Waals surface area contributed by atoms with Crippen LogP contribution >= 0.6 is 0 Å². The number of nitrogens with zero attached hydrogens (tertiary/aromatic N) is 1. The number of fused-ring (bicyclic) bond motifs is 1. The van der Waals surface area contributed by atoms with E-state index in [0.29, 0.717) is 0 Å². The van der Waals surface area contributed by atoms with E-state index in [4.69, 9.17) is 5.11 Å². The predicted molar refractivity (Wildman–Crippen MR) is 57.1 cm³/mol. The molecule has 0 unspecified atom stereocenters. The predicted octanol–water partition coefficient (Wildman–Crippen LogP) is 1.48. The van der Waals surface area contributed by atoms with E-state index in [1.165, 1.54) is 16.7 Å². The largest absolute Gasteiger partial charge is 0.392 e. The van der Waals surface area contributed by atoms with Crippen LogP contribution in [0.5, 0.6) is 0 Å². The van der Waals surface area contributed by atoms with E-state index in [-0.39, 0.29) is 6.61 Å². The van der Waals surface area contributed by atoms with Gasteiger partial charge in [0, 0.05) is 13.1 Å². The topological polar surface area (TPSA) is 23.5 Å². The Morgan fingerprint density at radius 2 is 2.21 bits per heavy atom. The summed E-state index contributed by atoms with van der Waals surface area (Å²) in [7, 11) is 2.15. The van der Waals surface area contributed by atoms with Gasteiger partial charge in [-0.2, -0.15) is 0 Å². The molecule has 2 heteroatoms. The SMILES string of the molecule is Cc1c(CO)ccc2c1CCN(C)C2. The minimum Gasteiger partial charge on any atom is -0.392 e. The van der Waals surface area contributed by atoms with E-state index in [1.807, 2.05) is 6.07 Å². The van der Waals surface area contributed by atoms with Gasteiger partial charge in [0.15, 0.2) is 0 Å². The van der Waals surface area contributed by atoms with Gasteiger partial charge in [0.25, 0.3) is 0 Å². The maximum atomic E-state index is 9.16. The molecule has 0 aliphatic carbocycles. The molecule has 2 nitrogen and oxygen atoms in total. The Balaban J connectivity index is 2.43. The Hall–Kier alpha value is -0.860. The van der Waals surface area contributed by atoms with Crippen molar-refractivity contribution in [2.75, 3.05) is 13.6 Å². The lowest BCUT2D eigenvalue weighted by molar-refractivity contribution is 0.279. The number of aliphatic hydroxyl groups excluding tert-OH is 1. The molecule has 1 N–H and O–H groups in total. The second-order valence-electron chi connectivity index (χ2n) is 4.13. The minimum atomic E-state index is 0.162. The summed E-state index contributed by atoms with van der Waals surface area (Å²) in [5, 5.41) is 9.16. The first-order chi connectivity index (χ1) is 6.72. The third-order valence-corrected chi connectivity index (χ3v) is 3.16. The minimum absolute atomic E-state index is 0.162. The molecule has 2 rings (SSSR count). The van der Waals surface area contributed by atoms with Crippen LogP contribution in [0.25, 0.3) is 0 Å². The zero-order valence-corrected chi connectivity index (χ0v) is 8.88. The van der Waals surface area contributed by atoms with Crippen molar-refractivity contribution in [1.82, 2.24) is 4.90 Å². The summed E-state index contributed by atoms with van der Waals surface area (Å²) in [5.74, 6) is 0. The molecular formula is C12H17NO. The first kappa shape index (κ1) is 9.69. The molecule has 1 aromatic carbocycles. The van der Waals surface area contributed by atoms with Gasteiger partial charge in [-0.05, 0) is 42.6 Å². The van der Waals surface area contributed by atoms with Crippen molar-refractivity contribution in [3.05, 3.63) is 34.4 Å². The van der Waals surface area contributed by atoms with Gasteiger partial charge >= 0.3 is 0 Å². The van der Waals surface area contributed by atoms with Crippen LogP contribution in [-0.2, 0) is 19.6 Å². The molecule has 0 spiro atoms. The third-order valence-electron chi connectivity index (χ3n) is 3.16. The average Bonchev–Trinajstić information content (AvgIpc) is 2.18. The number of likely N-dealkylation sites (N-methyl/N-ethyl adjacent to an activating group) is 1. The van der Waals surface area contributed by atoms with Crippen molar-refractivity contribution in [2.45, 2.75) is 26.5 Å². The van der Waals surface area contributed by atoms with Crippen LogP contribution in [0.1, 0.15) is 22.3 Å². The number of hydrogen-bond donors (Lipinski definition) is 1. The Morgan fingerprint density at radius 3 is 2.93 bits per heavy atom. The molecule has 14 heavy (non-hydrogen) atoms. The zero-order valence-electron chi connectivity index (χ0n) is 8.88. The quantitative estimate of drug-likeness (QED) is 0.726. The normalized spacial score (nSPS) is 16.8. The summed E-state index contributed by atoms with van der Waals surface area (Å²) >= 11 is 0. The van der Waals surface area contributed by atoms with E-state index >= 15 is 0 Å². The maximum Gasteiger partial charge on any atom is 0.0684 e.